The van der Waals surface area contributed by atoms with Crippen LogP contribution in [0.25, 0.3) is 0 Å². The standard InChI is InChI=1S/C12H17N3O4/c1-3-7(2)11(13)12(17)14-9-5-4-8(16)6-10(9)15(18)19/h4-7,11,16H,3,13H2,1-2H3,(H,14,17). The number of amides is 1. The van der Waals surface area contributed by atoms with Gasteiger partial charge in [-0.05, 0) is 18.1 Å². The van der Waals surface area contributed by atoms with E-state index in [2.05, 4.69) is 5.32 Å². The predicted octanol–water partition coefficient (Wildman–Crippen LogP) is 1.61. The lowest BCUT2D eigenvalue weighted by Gasteiger charge is -2.17. The van der Waals surface area contributed by atoms with Gasteiger partial charge in [-0.3, -0.25) is 14.9 Å². The highest BCUT2D eigenvalue weighted by molar-refractivity contribution is 5.96. The molecule has 0 saturated heterocycles. The van der Waals surface area contributed by atoms with Crippen molar-refractivity contribution in [3.05, 3.63) is 28.3 Å². The smallest absolute Gasteiger partial charge is 0.296 e. The SMILES string of the molecule is CCC(C)C(N)C(=O)Nc1ccc(O)cc1[N+](=O)[O-]. The van der Waals surface area contributed by atoms with Gasteiger partial charge < -0.3 is 16.2 Å². The summed E-state index contributed by atoms with van der Waals surface area (Å²) in [6.45, 7) is 3.73. The molecule has 7 nitrogen and oxygen atoms in total. The van der Waals surface area contributed by atoms with Gasteiger partial charge in [0, 0.05) is 0 Å². The fourth-order valence-corrected chi connectivity index (χ4v) is 1.51. The van der Waals surface area contributed by atoms with E-state index in [0.29, 0.717) is 0 Å². The monoisotopic (exact) mass is 267 g/mol. The zero-order valence-corrected chi connectivity index (χ0v) is 10.8. The number of carbonyl (C=O) groups is 1. The fourth-order valence-electron chi connectivity index (χ4n) is 1.51. The summed E-state index contributed by atoms with van der Waals surface area (Å²) in [5.74, 6) is -0.754. The van der Waals surface area contributed by atoms with Crippen LogP contribution in [0.3, 0.4) is 0 Å². The van der Waals surface area contributed by atoms with Crippen LogP contribution >= 0.6 is 0 Å². The van der Waals surface area contributed by atoms with Crippen molar-refractivity contribution in [2.75, 3.05) is 5.32 Å². The van der Waals surface area contributed by atoms with Gasteiger partial charge in [-0.25, -0.2) is 0 Å². The number of phenols is 1. The Kier molecular flexibility index (Phi) is 4.82. The van der Waals surface area contributed by atoms with Gasteiger partial charge in [0.05, 0.1) is 17.0 Å². The van der Waals surface area contributed by atoms with E-state index in [1.54, 1.807) is 0 Å². The quantitative estimate of drug-likeness (QED) is 0.425. The van der Waals surface area contributed by atoms with Crippen LogP contribution in [0.2, 0.25) is 0 Å². The molecule has 4 N–H and O–H groups in total. The van der Waals surface area contributed by atoms with E-state index < -0.39 is 16.9 Å². The average molecular weight is 267 g/mol. The lowest BCUT2D eigenvalue weighted by molar-refractivity contribution is -0.384. The molecule has 0 aliphatic carbocycles. The Morgan fingerprint density at radius 3 is 2.74 bits per heavy atom. The van der Waals surface area contributed by atoms with Crippen LogP contribution in [0, 0.1) is 16.0 Å². The molecule has 1 rings (SSSR count). The molecule has 104 valence electrons. The highest BCUT2D eigenvalue weighted by atomic mass is 16.6. The number of hydrogen-bond donors (Lipinski definition) is 3. The second-order valence-electron chi connectivity index (χ2n) is 4.36. The van der Waals surface area contributed by atoms with Crippen molar-refractivity contribution in [1.29, 1.82) is 0 Å². The zero-order chi connectivity index (χ0) is 14.6. The number of benzene rings is 1. The molecule has 0 heterocycles. The maximum atomic E-state index is 11.9. The van der Waals surface area contributed by atoms with Gasteiger partial charge in [-0.15, -0.1) is 0 Å². The van der Waals surface area contributed by atoms with Crippen molar-refractivity contribution >= 4 is 17.3 Å². The Hall–Kier alpha value is -2.15. The Morgan fingerprint density at radius 1 is 1.58 bits per heavy atom. The minimum Gasteiger partial charge on any atom is -0.508 e. The highest BCUT2D eigenvalue weighted by Crippen LogP contribution is 2.28. The molecule has 1 amide bonds. The highest BCUT2D eigenvalue weighted by Gasteiger charge is 2.23. The summed E-state index contributed by atoms with van der Waals surface area (Å²) in [6.07, 6.45) is 0.728. The first kappa shape index (κ1) is 14.9. The summed E-state index contributed by atoms with van der Waals surface area (Å²) < 4.78 is 0. The van der Waals surface area contributed by atoms with Gasteiger partial charge in [-0.1, -0.05) is 20.3 Å². The van der Waals surface area contributed by atoms with Crippen LogP contribution in [0.4, 0.5) is 11.4 Å². The van der Waals surface area contributed by atoms with Crippen LogP contribution in [0.1, 0.15) is 20.3 Å². The third-order valence-electron chi connectivity index (χ3n) is 3.00. The molecule has 0 bridgehead atoms. The molecule has 0 aromatic heterocycles. The summed E-state index contributed by atoms with van der Waals surface area (Å²) in [7, 11) is 0. The fraction of sp³-hybridized carbons (Fsp3) is 0.417. The lowest BCUT2D eigenvalue weighted by atomic mass is 9.99. The third-order valence-corrected chi connectivity index (χ3v) is 3.00. The maximum Gasteiger partial charge on any atom is 0.296 e. The van der Waals surface area contributed by atoms with Crippen molar-refractivity contribution in [2.45, 2.75) is 26.3 Å². The number of nitrogens with zero attached hydrogens (tertiary/aromatic N) is 1. The van der Waals surface area contributed by atoms with E-state index in [1.165, 1.54) is 12.1 Å². The van der Waals surface area contributed by atoms with Crippen LogP contribution < -0.4 is 11.1 Å². The zero-order valence-electron chi connectivity index (χ0n) is 10.8. The second-order valence-corrected chi connectivity index (χ2v) is 4.36. The number of phenolic OH excluding ortho intramolecular Hbond substituents is 1. The number of carbonyl (C=O) groups excluding carboxylic acids is 1. The number of hydrogen-bond acceptors (Lipinski definition) is 5. The molecule has 2 atom stereocenters. The summed E-state index contributed by atoms with van der Waals surface area (Å²) >= 11 is 0. The average Bonchev–Trinajstić information content (AvgIpc) is 2.38. The molecule has 0 aliphatic heterocycles. The number of rotatable bonds is 5. The Balaban J connectivity index is 2.94. The van der Waals surface area contributed by atoms with Crippen molar-refractivity contribution in [3.63, 3.8) is 0 Å². The van der Waals surface area contributed by atoms with Gasteiger partial charge in [0.15, 0.2) is 0 Å². The first-order valence-corrected chi connectivity index (χ1v) is 5.90. The number of nitro groups is 1. The van der Waals surface area contributed by atoms with Gasteiger partial charge in [-0.2, -0.15) is 0 Å². The van der Waals surface area contributed by atoms with Gasteiger partial charge in [0.25, 0.3) is 5.69 Å². The molecule has 0 spiro atoms. The third kappa shape index (κ3) is 3.65. The molecule has 1 aromatic rings. The molecule has 0 saturated carbocycles. The molecule has 7 heteroatoms. The lowest BCUT2D eigenvalue weighted by Crippen LogP contribution is -2.40. The van der Waals surface area contributed by atoms with Gasteiger partial charge >= 0.3 is 0 Å². The van der Waals surface area contributed by atoms with Crippen molar-refractivity contribution in [2.24, 2.45) is 11.7 Å². The predicted molar refractivity (Wildman–Crippen MR) is 70.8 cm³/mol. The number of anilines is 1. The van der Waals surface area contributed by atoms with E-state index in [9.17, 15) is 20.0 Å². The summed E-state index contributed by atoms with van der Waals surface area (Å²) in [5.41, 5.74) is 5.39. The summed E-state index contributed by atoms with van der Waals surface area (Å²) in [4.78, 5) is 22.0. The van der Waals surface area contributed by atoms with Crippen molar-refractivity contribution < 1.29 is 14.8 Å². The van der Waals surface area contributed by atoms with Crippen LogP contribution in [-0.2, 0) is 4.79 Å². The Bertz CT molecular complexity index is 490. The normalized spacial score (nSPS) is 13.6. The summed E-state index contributed by atoms with van der Waals surface area (Å²) in [6, 6.07) is 2.77. The van der Waals surface area contributed by atoms with Crippen molar-refractivity contribution in [3.8, 4) is 5.75 Å². The number of nitrogens with one attached hydrogen (secondary N) is 1. The number of nitrogens with two attached hydrogens (primary N) is 1. The van der Waals surface area contributed by atoms with Gasteiger partial charge in [0.2, 0.25) is 5.91 Å². The Labute approximate surface area is 110 Å². The molecular weight excluding hydrogens is 250 g/mol. The van der Waals surface area contributed by atoms with Crippen molar-refractivity contribution in [1.82, 2.24) is 0 Å². The minimum absolute atomic E-state index is 0.0200. The largest absolute Gasteiger partial charge is 0.508 e. The second kappa shape index (κ2) is 6.14. The molecule has 0 fully saturated rings. The molecular formula is C12H17N3O4. The molecule has 0 radical (unpaired) electrons. The maximum absolute atomic E-state index is 11.9. The van der Waals surface area contributed by atoms with Gasteiger partial charge in [0.1, 0.15) is 11.4 Å². The molecule has 2 unspecified atom stereocenters. The van der Waals surface area contributed by atoms with E-state index in [1.807, 2.05) is 13.8 Å². The van der Waals surface area contributed by atoms with E-state index in [0.717, 1.165) is 12.5 Å². The molecule has 19 heavy (non-hydrogen) atoms. The molecule has 0 aliphatic rings. The number of aromatic hydroxyl groups is 1. The van der Waals surface area contributed by atoms with E-state index in [4.69, 9.17) is 5.73 Å². The molecule has 1 aromatic carbocycles. The van der Waals surface area contributed by atoms with Crippen LogP contribution in [0.15, 0.2) is 18.2 Å². The van der Waals surface area contributed by atoms with E-state index >= 15 is 0 Å². The van der Waals surface area contributed by atoms with Crippen LogP contribution in [-0.4, -0.2) is 22.0 Å². The van der Waals surface area contributed by atoms with E-state index in [-0.39, 0.29) is 23.0 Å². The first-order valence-electron chi connectivity index (χ1n) is 5.90. The topological polar surface area (TPSA) is 118 Å². The first-order chi connectivity index (χ1) is 8.86. The Morgan fingerprint density at radius 2 is 2.21 bits per heavy atom. The minimum atomic E-state index is -0.738. The summed E-state index contributed by atoms with van der Waals surface area (Å²) in [5, 5.41) is 22.5. The van der Waals surface area contributed by atoms with Crippen LogP contribution in [0.5, 0.6) is 5.75 Å². The number of nitro benzene ring substituents is 1.